The number of rotatable bonds is 5. The number of hydrogen-bond donors (Lipinski definition) is 4. The molecule has 0 saturated carbocycles. The van der Waals surface area contributed by atoms with Crippen LogP contribution in [-0.4, -0.2) is 34.0 Å². The van der Waals surface area contributed by atoms with Crippen LogP contribution in [0.25, 0.3) is 11.3 Å². The third-order valence-corrected chi connectivity index (χ3v) is 6.11. The molecule has 0 aliphatic heterocycles. The van der Waals surface area contributed by atoms with Gasteiger partial charge in [-0.2, -0.15) is 0 Å². The summed E-state index contributed by atoms with van der Waals surface area (Å²) in [7, 11) is 1.55. The first-order valence-electron chi connectivity index (χ1n) is 7.39. The zero-order valence-electron chi connectivity index (χ0n) is 13.8. The molecule has 5 N–H and O–H groups in total. The van der Waals surface area contributed by atoms with Crippen molar-refractivity contribution in [3.05, 3.63) is 49.4 Å². The number of nitrogens with one attached hydrogen (secondary N) is 2. The Morgan fingerprint density at radius 3 is 2.67 bits per heavy atom. The van der Waals surface area contributed by atoms with Crippen LogP contribution in [0, 0.1) is 5.41 Å². The second-order valence-corrected chi connectivity index (χ2v) is 8.11. The van der Waals surface area contributed by atoms with E-state index in [2.05, 4.69) is 10.3 Å². The Bertz CT molecular complexity index is 1030. The fourth-order valence-corrected chi connectivity index (χ4v) is 4.20. The normalized spacial score (nSPS) is 10.7. The first-order valence-corrected chi connectivity index (χ1v) is 9.84. The topological polar surface area (TPSA) is 115 Å². The maximum Gasteiger partial charge on any atom is 0.348 e. The van der Waals surface area contributed by atoms with E-state index in [0.717, 1.165) is 11.3 Å². The molecule has 0 amide bonds. The second kappa shape index (κ2) is 7.83. The van der Waals surface area contributed by atoms with E-state index in [1.807, 2.05) is 0 Å². The quantitative estimate of drug-likeness (QED) is 0.196. The van der Waals surface area contributed by atoms with E-state index >= 15 is 0 Å². The lowest BCUT2D eigenvalue weighted by molar-refractivity contribution is 0.0703. The molecule has 0 radical (unpaired) electrons. The van der Waals surface area contributed by atoms with E-state index < -0.39 is 5.97 Å². The Labute approximate surface area is 172 Å². The molecule has 2 aromatic heterocycles. The van der Waals surface area contributed by atoms with Crippen molar-refractivity contribution in [1.82, 2.24) is 9.99 Å². The molecule has 0 fully saturated rings. The minimum atomic E-state index is -1.02. The summed E-state index contributed by atoms with van der Waals surface area (Å²) in [6.45, 7) is 0. The summed E-state index contributed by atoms with van der Waals surface area (Å²) >= 11 is 14.4. The zero-order valence-corrected chi connectivity index (χ0v) is 16.9. The minimum absolute atomic E-state index is 0.0606. The molecule has 11 heteroatoms. The van der Waals surface area contributed by atoms with Crippen LogP contribution in [0.3, 0.4) is 0 Å². The number of halogens is 2. The van der Waals surface area contributed by atoms with Crippen LogP contribution in [0.5, 0.6) is 0 Å². The summed E-state index contributed by atoms with van der Waals surface area (Å²) in [5, 5.41) is 24.5. The molecular weight excluding hydrogens is 429 g/mol. The SMILES string of the molecule is CN(N)C(=N)c1sc(Nc2ccsc2C(=O)O)nc1-c1ccc(Cl)c(Cl)c1. The van der Waals surface area contributed by atoms with E-state index in [1.54, 1.807) is 36.7 Å². The van der Waals surface area contributed by atoms with Gasteiger partial charge < -0.3 is 10.4 Å². The fraction of sp³-hybridized carbons (Fsp3) is 0.0625. The van der Waals surface area contributed by atoms with Gasteiger partial charge in [-0.15, -0.1) is 11.3 Å². The van der Waals surface area contributed by atoms with Gasteiger partial charge in [0.1, 0.15) is 9.75 Å². The summed E-state index contributed by atoms with van der Waals surface area (Å²) in [6.07, 6.45) is 0. The van der Waals surface area contributed by atoms with Crippen molar-refractivity contribution in [2.75, 3.05) is 12.4 Å². The highest BCUT2D eigenvalue weighted by molar-refractivity contribution is 7.18. The number of amidine groups is 1. The van der Waals surface area contributed by atoms with Gasteiger partial charge in [0.2, 0.25) is 0 Å². The number of nitrogens with zero attached hydrogens (tertiary/aromatic N) is 2. The largest absolute Gasteiger partial charge is 0.477 e. The second-order valence-electron chi connectivity index (χ2n) is 5.38. The van der Waals surface area contributed by atoms with E-state index in [4.69, 9.17) is 34.5 Å². The Kier molecular flexibility index (Phi) is 5.68. The molecule has 0 aliphatic rings. The molecule has 7 nitrogen and oxygen atoms in total. The monoisotopic (exact) mass is 441 g/mol. The standard InChI is InChI=1S/C16H13Cl2N5O2S2/c1-23(20)14(19)13-11(7-2-3-8(17)9(18)6-7)22-16(27-13)21-10-4-5-26-12(10)15(24)25/h2-6,19H,20H2,1H3,(H,21,22)(H,24,25). The molecule has 0 aliphatic carbocycles. The van der Waals surface area contributed by atoms with E-state index in [0.29, 0.717) is 37.0 Å². The number of carboxylic acid groups (broad SMARTS) is 1. The predicted octanol–water partition coefficient (Wildman–Crippen LogP) is 4.75. The van der Waals surface area contributed by atoms with Gasteiger partial charge in [0.05, 0.1) is 21.4 Å². The number of hydrazine groups is 1. The van der Waals surface area contributed by atoms with Crippen molar-refractivity contribution in [3.8, 4) is 11.3 Å². The number of aromatic nitrogens is 1. The maximum atomic E-state index is 11.3. The van der Waals surface area contributed by atoms with Gasteiger partial charge in [-0.05, 0) is 23.6 Å². The molecule has 1 aromatic carbocycles. The first kappa shape index (κ1) is 19.6. The van der Waals surface area contributed by atoms with Crippen molar-refractivity contribution in [2.45, 2.75) is 0 Å². The maximum absolute atomic E-state index is 11.3. The van der Waals surface area contributed by atoms with Gasteiger partial charge in [-0.1, -0.05) is 40.6 Å². The summed E-state index contributed by atoms with van der Waals surface area (Å²) < 4.78 is 0. The van der Waals surface area contributed by atoms with Crippen LogP contribution in [-0.2, 0) is 0 Å². The predicted molar refractivity (Wildman–Crippen MR) is 111 cm³/mol. The summed E-state index contributed by atoms with van der Waals surface area (Å²) in [4.78, 5) is 16.5. The third-order valence-electron chi connectivity index (χ3n) is 3.49. The number of carbonyl (C=O) groups is 1. The average Bonchev–Trinajstić information content (AvgIpc) is 3.24. The third kappa shape index (κ3) is 4.07. The number of thiazole rings is 1. The van der Waals surface area contributed by atoms with Crippen molar-refractivity contribution in [1.29, 1.82) is 5.41 Å². The Morgan fingerprint density at radius 2 is 2.04 bits per heavy atom. The molecule has 140 valence electrons. The van der Waals surface area contributed by atoms with Crippen molar-refractivity contribution in [2.24, 2.45) is 5.84 Å². The van der Waals surface area contributed by atoms with Gasteiger partial charge in [0.15, 0.2) is 11.0 Å². The Morgan fingerprint density at radius 1 is 1.30 bits per heavy atom. The van der Waals surface area contributed by atoms with Crippen LogP contribution in [0.15, 0.2) is 29.6 Å². The van der Waals surface area contributed by atoms with Crippen LogP contribution in [0.4, 0.5) is 10.8 Å². The van der Waals surface area contributed by atoms with Crippen molar-refractivity contribution in [3.63, 3.8) is 0 Å². The smallest absolute Gasteiger partial charge is 0.348 e. The van der Waals surface area contributed by atoms with E-state index in [9.17, 15) is 9.90 Å². The number of carboxylic acids is 1. The number of nitrogens with two attached hydrogens (primary N) is 1. The number of anilines is 2. The molecule has 0 unspecified atom stereocenters. The molecule has 2 heterocycles. The highest BCUT2D eigenvalue weighted by atomic mass is 35.5. The van der Waals surface area contributed by atoms with Crippen LogP contribution in [0.1, 0.15) is 14.5 Å². The van der Waals surface area contributed by atoms with Crippen LogP contribution in [0.2, 0.25) is 10.0 Å². The van der Waals surface area contributed by atoms with Gasteiger partial charge in [0, 0.05) is 12.6 Å². The van der Waals surface area contributed by atoms with E-state index in [-0.39, 0.29) is 10.7 Å². The number of aromatic carboxylic acids is 1. The average molecular weight is 442 g/mol. The fourth-order valence-electron chi connectivity index (χ4n) is 2.22. The minimum Gasteiger partial charge on any atom is -0.477 e. The molecule has 0 saturated heterocycles. The lowest BCUT2D eigenvalue weighted by Gasteiger charge is -2.12. The number of benzene rings is 1. The van der Waals surface area contributed by atoms with Gasteiger partial charge in [-0.25, -0.2) is 15.6 Å². The lowest BCUT2D eigenvalue weighted by atomic mass is 10.1. The molecular formula is C16H13Cl2N5O2S2. The first-order chi connectivity index (χ1) is 12.8. The number of hydrogen-bond acceptors (Lipinski definition) is 7. The molecule has 27 heavy (non-hydrogen) atoms. The van der Waals surface area contributed by atoms with Crippen molar-refractivity contribution < 1.29 is 9.90 Å². The molecule has 0 atom stereocenters. The van der Waals surface area contributed by atoms with Gasteiger partial charge in [0.25, 0.3) is 0 Å². The summed E-state index contributed by atoms with van der Waals surface area (Å²) in [6, 6.07) is 6.71. The van der Waals surface area contributed by atoms with Gasteiger partial charge in [-0.3, -0.25) is 10.4 Å². The highest BCUT2D eigenvalue weighted by Crippen LogP contribution is 2.36. The Hall–Kier alpha value is -2.17. The zero-order chi connectivity index (χ0) is 19.7. The molecule has 3 aromatic rings. The van der Waals surface area contributed by atoms with Crippen molar-refractivity contribution >= 4 is 68.5 Å². The van der Waals surface area contributed by atoms with E-state index in [1.165, 1.54) is 16.3 Å². The summed E-state index contributed by atoms with van der Waals surface area (Å²) in [5.41, 5.74) is 1.59. The molecule has 3 rings (SSSR count). The Balaban J connectivity index is 2.06. The number of thiophene rings is 1. The lowest BCUT2D eigenvalue weighted by Crippen LogP contribution is -2.32. The van der Waals surface area contributed by atoms with Crippen LogP contribution >= 0.6 is 45.9 Å². The summed E-state index contributed by atoms with van der Waals surface area (Å²) in [5.74, 6) is 4.76. The molecule has 0 spiro atoms. The van der Waals surface area contributed by atoms with Crippen LogP contribution < -0.4 is 11.2 Å². The van der Waals surface area contributed by atoms with Gasteiger partial charge >= 0.3 is 5.97 Å². The highest BCUT2D eigenvalue weighted by Gasteiger charge is 2.21. The molecule has 0 bridgehead atoms.